The van der Waals surface area contributed by atoms with E-state index >= 15 is 0 Å². The Labute approximate surface area is 214 Å². The van der Waals surface area contributed by atoms with E-state index in [0.29, 0.717) is 12.2 Å². The Morgan fingerprint density at radius 2 is 1.31 bits per heavy atom. The molecule has 0 saturated carbocycles. The van der Waals surface area contributed by atoms with Crippen LogP contribution < -0.4 is 0 Å². The summed E-state index contributed by atoms with van der Waals surface area (Å²) in [5, 5.41) is 38.7. The van der Waals surface area contributed by atoms with Crippen molar-refractivity contribution in [2.75, 3.05) is 26.4 Å². The maximum absolute atomic E-state index is 12.1. The molecular formula is C22H36BaO6. The van der Waals surface area contributed by atoms with Crippen molar-refractivity contribution in [3.8, 4) is 5.75 Å². The van der Waals surface area contributed by atoms with Gasteiger partial charge in [0.2, 0.25) is 0 Å². The molecule has 2 radical (unpaired) electrons. The molecule has 7 heteroatoms. The van der Waals surface area contributed by atoms with Gasteiger partial charge in [-0.2, -0.15) is 0 Å². The summed E-state index contributed by atoms with van der Waals surface area (Å²) in [5.41, 5.74) is 0.883. The Morgan fingerprint density at radius 3 is 1.66 bits per heavy atom. The molecule has 0 fully saturated rings. The summed E-state index contributed by atoms with van der Waals surface area (Å²) < 4.78 is 5.15. The number of carbonyl (C=O) groups excluding carboxylic acids is 1. The number of ether oxygens (including phenoxy) is 1. The molecular weight excluding hydrogens is 498 g/mol. The molecule has 6 nitrogen and oxygen atoms in total. The molecule has 1 aromatic rings. The van der Waals surface area contributed by atoms with Crippen molar-refractivity contribution in [2.45, 2.75) is 65.2 Å². The van der Waals surface area contributed by atoms with E-state index in [9.17, 15) is 25.2 Å². The SMILES string of the molecule is CC(C)(C)c1cc(CCC(=O)OCC(CO)(CO)CO)cc(C(C)(C)C)c1O.[Ba]. The summed E-state index contributed by atoms with van der Waals surface area (Å²) in [4.78, 5) is 12.1. The van der Waals surface area contributed by atoms with Crippen LogP contribution >= 0.6 is 0 Å². The summed E-state index contributed by atoms with van der Waals surface area (Å²) >= 11 is 0. The van der Waals surface area contributed by atoms with E-state index in [4.69, 9.17) is 4.74 Å². The molecule has 0 aliphatic carbocycles. The number of phenolic OH excluding ortho intramolecular Hbond substituents is 1. The van der Waals surface area contributed by atoms with Gasteiger partial charge in [0.1, 0.15) is 12.4 Å². The third-order valence-electron chi connectivity index (χ3n) is 4.95. The normalized spacial score (nSPS) is 12.4. The Bertz CT molecular complexity index is 626. The number of carbonyl (C=O) groups is 1. The van der Waals surface area contributed by atoms with Crippen LogP contribution in [0.15, 0.2) is 12.1 Å². The van der Waals surface area contributed by atoms with Gasteiger partial charge in [-0.05, 0) is 33.9 Å². The Morgan fingerprint density at radius 1 is 0.897 bits per heavy atom. The van der Waals surface area contributed by atoms with Crippen LogP contribution in [0.1, 0.15) is 64.7 Å². The second-order valence-corrected chi connectivity index (χ2v) is 9.67. The molecule has 0 aliphatic heterocycles. The van der Waals surface area contributed by atoms with Gasteiger partial charge in [0.05, 0.1) is 25.2 Å². The van der Waals surface area contributed by atoms with Crippen molar-refractivity contribution < 1.29 is 30.0 Å². The first kappa shape index (κ1) is 28.9. The fourth-order valence-corrected chi connectivity index (χ4v) is 2.82. The number of phenols is 1. The maximum Gasteiger partial charge on any atom is 0.306 e. The number of rotatable bonds is 8. The van der Waals surface area contributed by atoms with E-state index in [1.165, 1.54) is 0 Å². The van der Waals surface area contributed by atoms with Crippen LogP contribution in [0.4, 0.5) is 0 Å². The number of esters is 1. The van der Waals surface area contributed by atoms with Gasteiger partial charge in [0.25, 0.3) is 0 Å². The first-order chi connectivity index (χ1) is 12.8. The number of hydrogen-bond donors (Lipinski definition) is 4. The van der Waals surface area contributed by atoms with E-state index in [2.05, 4.69) is 0 Å². The van der Waals surface area contributed by atoms with Crippen molar-refractivity contribution in [1.82, 2.24) is 0 Å². The number of aliphatic hydroxyl groups is 3. The van der Waals surface area contributed by atoms with Gasteiger partial charge in [-0.15, -0.1) is 0 Å². The Kier molecular flexibility index (Phi) is 11.5. The average Bonchev–Trinajstić information content (AvgIpc) is 2.60. The minimum absolute atomic E-state index is 0. The van der Waals surface area contributed by atoms with Gasteiger partial charge in [-0.25, -0.2) is 0 Å². The van der Waals surface area contributed by atoms with Crippen LogP contribution in [0.5, 0.6) is 5.75 Å². The largest absolute Gasteiger partial charge is 0.507 e. The van der Waals surface area contributed by atoms with Crippen LogP contribution in [-0.2, 0) is 26.8 Å². The molecule has 0 atom stereocenters. The summed E-state index contributed by atoms with van der Waals surface area (Å²) in [5.74, 6) is -0.174. The van der Waals surface area contributed by atoms with E-state index < -0.39 is 31.2 Å². The van der Waals surface area contributed by atoms with Gasteiger partial charge in [0.15, 0.2) is 0 Å². The molecule has 0 bridgehead atoms. The van der Waals surface area contributed by atoms with E-state index in [1.807, 2.05) is 53.7 Å². The fourth-order valence-electron chi connectivity index (χ4n) is 2.82. The molecule has 1 aromatic carbocycles. The van der Waals surface area contributed by atoms with E-state index in [-0.39, 0.29) is 72.7 Å². The number of hydrogen-bond acceptors (Lipinski definition) is 6. The molecule has 0 spiro atoms. The quantitative estimate of drug-likeness (QED) is 0.301. The number of aromatic hydroxyl groups is 1. The minimum atomic E-state index is -1.23. The van der Waals surface area contributed by atoms with Gasteiger partial charge in [0, 0.05) is 55.3 Å². The molecule has 0 heterocycles. The van der Waals surface area contributed by atoms with Crippen molar-refractivity contribution in [1.29, 1.82) is 0 Å². The monoisotopic (exact) mass is 534 g/mol. The number of aliphatic hydroxyl groups excluding tert-OH is 3. The van der Waals surface area contributed by atoms with Crippen LogP contribution in [-0.4, -0.2) is 102 Å². The van der Waals surface area contributed by atoms with E-state index in [1.54, 1.807) is 0 Å². The van der Waals surface area contributed by atoms with Gasteiger partial charge >= 0.3 is 5.97 Å². The summed E-state index contributed by atoms with van der Waals surface area (Å²) in [6, 6.07) is 3.86. The topological polar surface area (TPSA) is 107 Å². The Hall–Kier alpha value is -0.0586. The average molecular weight is 534 g/mol. The fraction of sp³-hybridized carbons (Fsp3) is 0.682. The molecule has 0 unspecified atom stereocenters. The standard InChI is InChI=1S/C22H36O6.Ba/c1-20(2,3)16-9-15(10-17(19(16)27)21(4,5)6)7-8-18(26)28-14-22(11-23,12-24)13-25;/h9-10,23-25,27H,7-8,11-14H2,1-6H3;. The van der Waals surface area contributed by atoms with Crippen molar-refractivity contribution in [3.05, 3.63) is 28.8 Å². The first-order valence-corrected chi connectivity index (χ1v) is 9.65. The van der Waals surface area contributed by atoms with Crippen LogP contribution in [0.25, 0.3) is 0 Å². The summed E-state index contributed by atoms with van der Waals surface area (Å²) in [6.07, 6.45) is 0.561. The second kappa shape index (κ2) is 11.5. The van der Waals surface area contributed by atoms with E-state index in [0.717, 1.165) is 16.7 Å². The summed E-state index contributed by atoms with van der Waals surface area (Å²) in [6.45, 7) is 10.5. The zero-order chi connectivity index (χ0) is 21.8. The zero-order valence-electron chi connectivity index (χ0n) is 18.7. The smallest absolute Gasteiger partial charge is 0.306 e. The molecule has 0 aliphatic rings. The predicted octanol–water partition coefficient (Wildman–Crippen LogP) is 2.05. The maximum atomic E-state index is 12.1. The third kappa shape index (κ3) is 8.18. The molecule has 0 aromatic heterocycles. The zero-order valence-corrected chi connectivity index (χ0v) is 23.2. The molecule has 0 amide bonds. The summed E-state index contributed by atoms with van der Waals surface area (Å²) in [7, 11) is 0. The van der Waals surface area contributed by atoms with Crippen LogP contribution in [0.2, 0.25) is 0 Å². The Balaban J connectivity index is 0.00000784. The minimum Gasteiger partial charge on any atom is -0.507 e. The van der Waals surface area contributed by atoms with Crippen molar-refractivity contribution in [2.24, 2.45) is 5.41 Å². The first-order valence-electron chi connectivity index (χ1n) is 9.65. The predicted molar refractivity (Wildman–Crippen MR) is 114 cm³/mol. The van der Waals surface area contributed by atoms with Crippen molar-refractivity contribution in [3.63, 3.8) is 0 Å². The molecule has 1 rings (SSSR count). The van der Waals surface area contributed by atoms with Crippen molar-refractivity contribution >= 4 is 54.9 Å². The van der Waals surface area contributed by atoms with Gasteiger partial charge in [-0.3, -0.25) is 4.79 Å². The third-order valence-corrected chi connectivity index (χ3v) is 4.95. The number of benzene rings is 1. The van der Waals surface area contributed by atoms with Crippen LogP contribution in [0, 0.1) is 5.41 Å². The molecule has 29 heavy (non-hydrogen) atoms. The molecule has 162 valence electrons. The number of aryl methyl sites for hydroxylation is 1. The van der Waals surface area contributed by atoms with Crippen LogP contribution in [0.3, 0.4) is 0 Å². The van der Waals surface area contributed by atoms with Gasteiger partial charge < -0.3 is 25.2 Å². The molecule has 4 N–H and O–H groups in total. The second-order valence-electron chi connectivity index (χ2n) is 9.67. The van der Waals surface area contributed by atoms with Gasteiger partial charge in [-0.1, -0.05) is 53.7 Å². The molecule has 0 saturated heterocycles.